The summed E-state index contributed by atoms with van der Waals surface area (Å²) >= 11 is 0. The van der Waals surface area contributed by atoms with Crippen LogP contribution in [0.5, 0.6) is 0 Å². The lowest BCUT2D eigenvalue weighted by atomic mass is 9.84. The van der Waals surface area contributed by atoms with Crippen molar-refractivity contribution in [2.45, 2.75) is 65.0 Å². The molecule has 0 aromatic heterocycles. The molecule has 0 radical (unpaired) electrons. The summed E-state index contributed by atoms with van der Waals surface area (Å²) in [7, 11) is 0. The maximum Gasteiger partial charge on any atom is 0.126 e. The van der Waals surface area contributed by atoms with E-state index in [9.17, 15) is 4.39 Å². The summed E-state index contributed by atoms with van der Waals surface area (Å²) in [6.45, 7) is 6.21. The molecule has 1 aliphatic rings. The molecular weight excluding hydrogens is 237 g/mol. The van der Waals surface area contributed by atoms with E-state index in [0.29, 0.717) is 6.04 Å². The van der Waals surface area contributed by atoms with Crippen molar-refractivity contribution in [3.63, 3.8) is 0 Å². The molecule has 1 nitrogen and oxygen atoms in total. The van der Waals surface area contributed by atoms with Crippen LogP contribution in [0.25, 0.3) is 0 Å². The summed E-state index contributed by atoms with van der Waals surface area (Å²) in [4.78, 5) is 0. The van der Waals surface area contributed by atoms with Crippen LogP contribution in [-0.2, 0) is 0 Å². The Morgan fingerprint density at radius 2 is 1.84 bits per heavy atom. The Balaban J connectivity index is 1.95. The summed E-state index contributed by atoms with van der Waals surface area (Å²) in [6.07, 6.45) is 6.79. The second-order valence-electron chi connectivity index (χ2n) is 6.08. The van der Waals surface area contributed by atoms with Gasteiger partial charge in [-0.1, -0.05) is 31.4 Å². The quantitative estimate of drug-likeness (QED) is 0.826. The minimum absolute atomic E-state index is 0.100. The van der Waals surface area contributed by atoms with Crippen molar-refractivity contribution < 1.29 is 4.39 Å². The highest BCUT2D eigenvalue weighted by molar-refractivity contribution is 5.25. The van der Waals surface area contributed by atoms with Gasteiger partial charge in [0.05, 0.1) is 0 Å². The zero-order valence-electron chi connectivity index (χ0n) is 12.4. The van der Waals surface area contributed by atoms with Crippen molar-refractivity contribution in [2.75, 3.05) is 0 Å². The molecule has 0 saturated heterocycles. The Morgan fingerprint density at radius 1 is 1.16 bits per heavy atom. The van der Waals surface area contributed by atoms with Crippen LogP contribution < -0.4 is 5.32 Å². The molecule has 0 heterocycles. The van der Waals surface area contributed by atoms with E-state index in [4.69, 9.17) is 0 Å². The van der Waals surface area contributed by atoms with Crippen molar-refractivity contribution in [1.29, 1.82) is 0 Å². The number of hydrogen-bond donors (Lipinski definition) is 1. The molecule has 0 spiro atoms. The molecule has 1 saturated carbocycles. The SMILES string of the molecule is Cc1ccc(C(C)N[C@@H](C)C2CCCCC2)cc1F. The van der Waals surface area contributed by atoms with E-state index in [2.05, 4.69) is 19.2 Å². The zero-order chi connectivity index (χ0) is 13.8. The lowest BCUT2D eigenvalue weighted by Gasteiger charge is -2.31. The number of nitrogens with one attached hydrogen (secondary N) is 1. The third-order valence-electron chi connectivity index (χ3n) is 4.57. The van der Waals surface area contributed by atoms with Crippen LogP contribution in [-0.4, -0.2) is 6.04 Å². The fourth-order valence-corrected chi connectivity index (χ4v) is 3.14. The van der Waals surface area contributed by atoms with Gasteiger partial charge < -0.3 is 5.32 Å². The highest BCUT2D eigenvalue weighted by Crippen LogP contribution is 2.27. The molecule has 1 aliphatic carbocycles. The van der Waals surface area contributed by atoms with Gasteiger partial charge in [-0.3, -0.25) is 0 Å². The predicted octanol–water partition coefficient (Wildman–Crippen LogP) is 4.75. The summed E-state index contributed by atoms with van der Waals surface area (Å²) in [6, 6.07) is 6.30. The first-order chi connectivity index (χ1) is 9.08. The fourth-order valence-electron chi connectivity index (χ4n) is 3.14. The minimum atomic E-state index is -0.100. The standard InChI is InChI=1S/C17H26FN/c1-12-9-10-16(11-17(12)18)14(3)19-13(2)15-7-5-4-6-8-15/h9-11,13-15,19H,4-8H2,1-3H3/t13-,14?/m0/s1. The average molecular weight is 263 g/mol. The third kappa shape index (κ3) is 3.79. The lowest BCUT2D eigenvalue weighted by molar-refractivity contribution is 0.268. The summed E-state index contributed by atoms with van der Waals surface area (Å²) < 4.78 is 13.6. The second-order valence-corrected chi connectivity index (χ2v) is 6.08. The molecule has 0 aliphatic heterocycles. The molecule has 19 heavy (non-hydrogen) atoms. The van der Waals surface area contributed by atoms with Crippen LogP contribution in [0.4, 0.5) is 4.39 Å². The van der Waals surface area contributed by atoms with Crippen molar-refractivity contribution in [3.05, 3.63) is 35.1 Å². The number of aryl methyl sites for hydroxylation is 1. The number of rotatable bonds is 4. The zero-order valence-corrected chi connectivity index (χ0v) is 12.4. The highest BCUT2D eigenvalue weighted by Gasteiger charge is 2.21. The molecule has 2 rings (SSSR count). The second kappa shape index (κ2) is 6.51. The average Bonchev–Trinajstić information content (AvgIpc) is 2.42. The van der Waals surface area contributed by atoms with Gasteiger partial charge in [-0.15, -0.1) is 0 Å². The maximum absolute atomic E-state index is 13.6. The normalized spacial score (nSPS) is 20.2. The van der Waals surface area contributed by atoms with Crippen LogP contribution in [0.3, 0.4) is 0 Å². The molecule has 1 N–H and O–H groups in total. The third-order valence-corrected chi connectivity index (χ3v) is 4.57. The van der Waals surface area contributed by atoms with Crippen LogP contribution in [0.2, 0.25) is 0 Å². The van der Waals surface area contributed by atoms with Gasteiger partial charge in [-0.2, -0.15) is 0 Å². The lowest BCUT2D eigenvalue weighted by Crippen LogP contribution is -2.36. The summed E-state index contributed by atoms with van der Waals surface area (Å²) in [5.74, 6) is 0.683. The van der Waals surface area contributed by atoms with Gasteiger partial charge in [0.2, 0.25) is 0 Å². The van der Waals surface area contributed by atoms with Crippen molar-refractivity contribution in [3.8, 4) is 0 Å². The smallest absolute Gasteiger partial charge is 0.126 e. The van der Waals surface area contributed by atoms with Crippen molar-refractivity contribution >= 4 is 0 Å². The van der Waals surface area contributed by atoms with E-state index in [1.807, 2.05) is 19.1 Å². The summed E-state index contributed by atoms with van der Waals surface area (Å²) in [5, 5.41) is 3.65. The fraction of sp³-hybridized carbons (Fsp3) is 0.647. The largest absolute Gasteiger partial charge is 0.307 e. The van der Waals surface area contributed by atoms with Crippen molar-refractivity contribution in [1.82, 2.24) is 5.32 Å². The molecule has 0 amide bonds. The number of halogens is 1. The van der Waals surface area contributed by atoms with Crippen LogP contribution in [0.1, 0.15) is 63.1 Å². The van der Waals surface area contributed by atoms with E-state index >= 15 is 0 Å². The molecule has 1 aromatic rings. The van der Waals surface area contributed by atoms with Gasteiger partial charge in [-0.05, 0) is 56.7 Å². The van der Waals surface area contributed by atoms with Crippen LogP contribution in [0, 0.1) is 18.7 Å². The van der Waals surface area contributed by atoms with E-state index in [-0.39, 0.29) is 11.9 Å². The molecule has 1 aromatic carbocycles. The van der Waals surface area contributed by atoms with E-state index in [1.54, 1.807) is 6.07 Å². The van der Waals surface area contributed by atoms with Gasteiger partial charge in [0.1, 0.15) is 5.82 Å². The van der Waals surface area contributed by atoms with Crippen LogP contribution in [0.15, 0.2) is 18.2 Å². The van der Waals surface area contributed by atoms with Gasteiger partial charge in [-0.25, -0.2) is 4.39 Å². The number of benzene rings is 1. The monoisotopic (exact) mass is 263 g/mol. The molecule has 1 fully saturated rings. The first kappa shape index (κ1) is 14.5. The molecule has 0 bridgehead atoms. The Morgan fingerprint density at radius 3 is 2.47 bits per heavy atom. The molecule has 106 valence electrons. The predicted molar refractivity (Wildman–Crippen MR) is 78.7 cm³/mol. The van der Waals surface area contributed by atoms with E-state index in [0.717, 1.165) is 17.0 Å². The number of hydrogen-bond acceptors (Lipinski definition) is 1. The molecule has 2 atom stereocenters. The van der Waals surface area contributed by atoms with Crippen molar-refractivity contribution in [2.24, 2.45) is 5.92 Å². The van der Waals surface area contributed by atoms with Gasteiger partial charge in [0.15, 0.2) is 0 Å². The highest BCUT2D eigenvalue weighted by atomic mass is 19.1. The first-order valence-electron chi connectivity index (χ1n) is 7.60. The Labute approximate surface area is 116 Å². The van der Waals surface area contributed by atoms with Gasteiger partial charge in [0, 0.05) is 12.1 Å². The molecule has 2 heteroatoms. The topological polar surface area (TPSA) is 12.0 Å². The Hall–Kier alpha value is -0.890. The van der Waals surface area contributed by atoms with E-state index < -0.39 is 0 Å². The van der Waals surface area contributed by atoms with Gasteiger partial charge >= 0.3 is 0 Å². The van der Waals surface area contributed by atoms with Crippen LogP contribution >= 0.6 is 0 Å². The molecule has 1 unspecified atom stereocenters. The molecular formula is C17H26FN. The Bertz CT molecular complexity index is 410. The Kier molecular flexibility index (Phi) is 4.98. The minimum Gasteiger partial charge on any atom is -0.307 e. The van der Waals surface area contributed by atoms with Gasteiger partial charge in [0.25, 0.3) is 0 Å². The summed E-state index contributed by atoms with van der Waals surface area (Å²) in [5.41, 5.74) is 1.77. The van der Waals surface area contributed by atoms with E-state index in [1.165, 1.54) is 32.1 Å². The maximum atomic E-state index is 13.6. The first-order valence-corrected chi connectivity index (χ1v) is 7.60.